The summed E-state index contributed by atoms with van der Waals surface area (Å²) in [6.07, 6.45) is 1.11. The third-order valence-corrected chi connectivity index (χ3v) is 3.45. The Balaban J connectivity index is 2.25. The fourth-order valence-electron chi connectivity index (χ4n) is 1.87. The highest BCUT2D eigenvalue weighted by Gasteiger charge is 2.15. The maximum atomic E-state index is 4.58. The summed E-state index contributed by atoms with van der Waals surface area (Å²) in [5.41, 5.74) is 2.49. The van der Waals surface area contributed by atoms with Gasteiger partial charge >= 0.3 is 0 Å². The number of benzene rings is 1. The number of nitrogens with one attached hydrogen (secondary N) is 1. The van der Waals surface area contributed by atoms with Crippen LogP contribution in [0.2, 0.25) is 0 Å². The molecule has 0 aliphatic heterocycles. The van der Waals surface area contributed by atoms with Crippen LogP contribution in [0.5, 0.6) is 0 Å². The fraction of sp³-hybridized carbons (Fsp3) is 0.500. The zero-order valence-electron chi connectivity index (χ0n) is 11.1. The van der Waals surface area contributed by atoms with Crippen LogP contribution in [-0.4, -0.2) is 15.3 Å². The molecule has 2 aromatic rings. The van der Waals surface area contributed by atoms with E-state index in [0.29, 0.717) is 0 Å². The van der Waals surface area contributed by atoms with E-state index >= 15 is 0 Å². The predicted octanol–water partition coefficient (Wildman–Crippen LogP) is 2.85. The zero-order chi connectivity index (χ0) is 12.5. The molecule has 2 rings (SSSR count). The number of aryl methyl sites for hydroxylation is 1. The molecule has 1 aromatic carbocycles. The molecule has 0 saturated carbocycles. The van der Waals surface area contributed by atoms with E-state index in [2.05, 4.69) is 55.5 Å². The first-order valence-corrected chi connectivity index (χ1v) is 6.19. The maximum Gasteiger partial charge on any atom is 0.0841 e. The van der Waals surface area contributed by atoms with Gasteiger partial charge in [0.2, 0.25) is 0 Å². The van der Waals surface area contributed by atoms with Gasteiger partial charge in [0.25, 0.3) is 0 Å². The van der Waals surface area contributed by atoms with Crippen molar-refractivity contribution in [1.29, 1.82) is 0 Å². The molecule has 0 bridgehead atoms. The maximum absolute atomic E-state index is 4.58. The van der Waals surface area contributed by atoms with E-state index in [1.54, 1.807) is 0 Å². The van der Waals surface area contributed by atoms with Crippen LogP contribution in [0.25, 0.3) is 10.9 Å². The van der Waals surface area contributed by atoms with Crippen LogP contribution in [0.4, 0.5) is 0 Å². The van der Waals surface area contributed by atoms with Crippen LogP contribution in [0.1, 0.15) is 32.9 Å². The Morgan fingerprint density at radius 1 is 1.29 bits per heavy atom. The summed E-state index contributed by atoms with van der Waals surface area (Å²) in [5.74, 6) is 0. The summed E-state index contributed by atoms with van der Waals surface area (Å²) in [6.45, 7) is 7.46. The van der Waals surface area contributed by atoms with Gasteiger partial charge in [0.15, 0.2) is 0 Å². The second-order valence-electron chi connectivity index (χ2n) is 5.18. The van der Waals surface area contributed by atoms with Gasteiger partial charge in [-0.3, -0.25) is 4.68 Å². The largest absolute Gasteiger partial charge is 0.306 e. The van der Waals surface area contributed by atoms with Crippen molar-refractivity contribution >= 4 is 10.9 Å². The van der Waals surface area contributed by atoms with Crippen molar-refractivity contribution in [3.63, 3.8) is 0 Å². The van der Waals surface area contributed by atoms with Gasteiger partial charge in [-0.05, 0) is 26.3 Å². The highest BCUT2D eigenvalue weighted by atomic mass is 15.3. The van der Waals surface area contributed by atoms with E-state index in [4.69, 9.17) is 0 Å². The number of fused-ring (bicyclic) bond motifs is 1. The minimum Gasteiger partial charge on any atom is -0.306 e. The topological polar surface area (TPSA) is 29.9 Å². The Morgan fingerprint density at radius 3 is 2.71 bits per heavy atom. The van der Waals surface area contributed by atoms with E-state index in [9.17, 15) is 0 Å². The molecule has 0 saturated heterocycles. The van der Waals surface area contributed by atoms with Crippen LogP contribution >= 0.6 is 0 Å². The van der Waals surface area contributed by atoms with Crippen molar-refractivity contribution < 1.29 is 0 Å². The summed E-state index contributed by atoms with van der Waals surface area (Å²) < 4.78 is 1.95. The third-order valence-electron chi connectivity index (χ3n) is 3.45. The van der Waals surface area contributed by atoms with Gasteiger partial charge in [0.1, 0.15) is 0 Å². The number of rotatable bonds is 4. The van der Waals surface area contributed by atoms with E-state index in [1.165, 1.54) is 10.9 Å². The highest BCUT2D eigenvalue weighted by Crippen LogP contribution is 2.18. The lowest BCUT2D eigenvalue weighted by Gasteiger charge is -2.24. The minimum atomic E-state index is 0.165. The Kier molecular flexibility index (Phi) is 3.20. The Hall–Kier alpha value is -1.35. The Bertz CT molecular complexity index is 511. The fourth-order valence-corrected chi connectivity index (χ4v) is 1.87. The van der Waals surface area contributed by atoms with Gasteiger partial charge in [-0.2, -0.15) is 5.10 Å². The normalized spacial score (nSPS) is 12.2. The number of hydrogen-bond acceptors (Lipinski definition) is 2. The highest BCUT2D eigenvalue weighted by molar-refractivity contribution is 5.81. The summed E-state index contributed by atoms with van der Waals surface area (Å²) in [4.78, 5) is 0. The SMILES string of the molecule is CCC(C)(C)NCc1nn(C)c2ccccc12. The second kappa shape index (κ2) is 4.49. The van der Waals surface area contributed by atoms with Crippen LogP contribution in [0.3, 0.4) is 0 Å². The Morgan fingerprint density at radius 2 is 2.00 bits per heavy atom. The molecule has 0 fully saturated rings. The van der Waals surface area contributed by atoms with Crippen LogP contribution in [-0.2, 0) is 13.6 Å². The molecule has 0 radical (unpaired) electrons. The first kappa shape index (κ1) is 12.1. The predicted molar refractivity (Wildman–Crippen MR) is 71.9 cm³/mol. The molecule has 92 valence electrons. The number of nitrogens with zero attached hydrogens (tertiary/aromatic N) is 2. The molecule has 1 heterocycles. The van der Waals surface area contributed by atoms with E-state index in [0.717, 1.165) is 18.7 Å². The van der Waals surface area contributed by atoms with Crippen molar-refractivity contribution in [2.75, 3.05) is 0 Å². The number of hydrogen-bond donors (Lipinski definition) is 1. The molecule has 17 heavy (non-hydrogen) atoms. The molecule has 1 aromatic heterocycles. The van der Waals surface area contributed by atoms with E-state index < -0.39 is 0 Å². The molecule has 3 heteroatoms. The zero-order valence-corrected chi connectivity index (χ0v) is 11.1. The second-order valence-corrected chi connectivity index (χ2v) is 5.18. The van der Waals surface area contributed by atoms with Crippen molar-refractivity contribution in [2.24, 2.45) is 7.05 Å². The first-order chi connectivity index (χ1) is 8.03. The minimum absolute atomic E-state index is 0.165. The quantitative estimate of drug-likeness (QED) is 0.877. The first-order valence-electron chi connectivity index (χ1n) is 6.19. The van der Waals surface area contributed by atoms with Gasteiger partial charge in [0.05, 0.1) is 11.2 Å². The molecule has 0 unspecified atom stereocenters. The van der Waals surface area contributed by atoms with Crippen molar-refractivity contribution in [3.05, 3.63) is 30.0 Å². The van der Waals surface area contributed by atoms with Crippen LogP contribution in [0.15, 0.2) is 24.3 Å². The van der Waals surface area contributed by atoms with Gasteiger partial charge in [-0.1, -0.05) is 25.1 Å². The standard InChI is InChI=1S/C14H21N3/c1-5-14(2,3)15-10-12-11-8-6-7-9-13(11)17(4)16-12/h6-9,15H,5,10H2,1-4H3. The van der Waals surface area contributed by atoms with E-state index in [-0.39, 0.29) is 5.54 Å². The van der Waals surface area contributed by atoms with E-state index in [1.807, 2.05) is 11.7 Å². The smallest absolute Gasteiger partial charge is 0.0841 e. The lowest BCUT2D eigenvalue weighted by molar-refractivity contribution is 0.372. The molecule has 0 atom stereocenters. The average molecular weight is 231 g/mol. The average Bonchev–Trinajstić information content (AvgIpc) is 2.65. The van der Waals surface area contributed by atoms with Crippen LogP contribution in [0, 0.1) is 0 Å². The third kappa shape index (κ3) is 2.50. The van der Waals surface area contributed by atoms with Crippen molar-refractivity contribution in [2.45, 2.75) is 39.3 Å². The molecular weight excluding hydrogens is 210 g/mol. The summed E-state index contributed by atoms with van der Waals surface area (Å²) in [6, 6.07) is 8.37. The van der Waals surface area contributed by atoms with Crippen molar-refractivity contribution in [1.82, 2.24) is 15.1 Å². The number of para-hydroxylation sites is 1. The van der Waals surface area contributed by atoms with Crippen LogP contribution < -0.4 is 5.32 Å². The van der Waals surface area contributed by atoms with Gasteiger partial charge < -0.3 is 5.32 Å². The van der Waals surface area contributed by atoms with Gasteiger partial charge in [-0.25, -0.2) is 0 Å². The summed E-state index contributed by atoms with van der Waals surface area (Å²) in [7, 11) is 2.00. The van der Waals surface area contributed by atoms with Gasteiger partial charge in [0, 0.05) is 24.5 Å². The van der Waals surface area contributed by atoms with Crippen molar-refractivity contribution in [3.8, 4) is 0 Å². The molecule has 0 amide bonds. The molecular formula is C14H21N3. The Labute approximate surface area is 103 Å². The van der Waals surface area contributed by atoms with Gasteiger partial charge in [-0.15, -0.1) is 0 Å². The molecule has 0 aliphatic rings. The lowest BCUT2D eigenvalue weighted by Crippen LogP contribution is -2.37. The molecule has 0 spiro atoms. The molecule has 0 aliphatic carbocycles. The molecule has 3 nitrogen and oxygen atoms in total. The monoisotopic (exact) mass is 231 g/mol. The number of aromatic nitrogens is 2. The lowest BCUT2D eigenvalue weighted by atomic mass is 10.0. The summed E-state index contributed by atoms with van der Waals surface area (Å²) in [5, 5.41) is 9.38. The summed E-state index contributed by atoms with van der Waals surface area (Å²) >= 11 is 0. The molecule has 1 N–H and O–H groups in total.